The summed E-state index contributed by atoms with van der Waals surface area (Å²) >= 11 is 0. The van der Waals surface area contributed by atoms with Crippen molar-refractivity contribution in [3.63, 3.8) is 0 Å². The lowest BCUT2D eigenvalue weighted by Crippen LogP contribution is -2.41. The van der Waals surface area contributed by atoms with Crippen LogP contribution in [0.25, 0.3) is 0 Å². The van der Waals surface area contributed by atoms with Crippen molar-refractivity contribution in [1.82, 2.24) is 16.0 Å². The highest BCUT2D eigenvalue weighted by Crippen LogP contribution is 2.04. The maximum absolute atomic E-state index is 13.0. The van der Waals surface area contributed by atoms with E-state index in [9.17, 15) is 14.0 Å². The first-order valence-corrected chi connectivity index (χ1v) is 7.21. The van der Waals surface area contributed by atoms with Crippen molar-refractivity contribution in [3.8, 4) is 0 Å². The topological polar surface area (TPSA) is 70.2 Å². The Labute approximate surface area is 123 Å². The van der Waals surface area contributed by atoms with Gasteiger partial charge in [-0.15, -0.1) is 0 Å². The highest BCUT2D eigenvalue weighted by atomic mass is 19.1. The molecule has 21 heavy (non-hydrogen) atoms. The highest BCUT2D eigenvalue weighted by molar-refractivity contribution is 5.94. The van der Waals surface area contributed by atoms with Crippen LogP contribution in [0.2, 0.25) is 0 Å². The molecule has 1 aromatic carbocycles. The first kappa shape index (κ1) is 15.4. The number of halogens is 1. The molecule has 1 aromatic rings. The lowest BCUT2D eigenvalue weighted by atomic mass is 10.2. The molecule has 2 rings (SSSR count). The highest BCUT2D eigenvalue weighted by Gasteiger charge is 2.21. The monoisotopic (exact) mass is 293 g/mol. The van der Waals surface area contributed by atoms with Crippen molar-refractivity contribution >= 4 is 11.8 Å². The first-order valence-electron chi connectivity index (χ1n) is 7.21. The molecule has 5 nitrogen and oxygen atoms in total. The van der Waals surface area contributed by atoms with E-state index >= 15 is 0 Å². The van der Waals surface area contributed by atoms with E-state index in [1.165, 1.54) is 18.2 Å². The zero-order valence-electron chi connectivity index (χ0n) is 11.8. The van der Waals surface area contributed by atoms with Crippen molar-refractivity contribution in [2.24, 2.45) is 0 Å². The molecule has 1 aliphatic rings. The van der Waals surface area contributed by atoms with Crippen LogP contribution in [0.3, 0.4) is 0 Å². The molecule has 1 aliphatic heterocycles. The molecular formula is C15H20FN3O2. The second-order valence-electron chi connectivity index (χ2n) is 5.06. The largest absolute Gasteiger partial charge is 0.355 e. The van der Waals surface area contributed by atoms with Crippen LogP contribution in [0.1, 0.15) is 29.6 Å². The van der Waals surface area contributed by atoms with Gasteiger partial charge in [-0.05, 0) is 44.0 Å². The second kappa shape index (κ2) is 7.73. The molecule has 0 aliphatic carbocycles. The van der Waals surface area contributed by atoms with Crippen LogP contribution in [-0.4, -0.2) is 37.5 Å². The van der Waals surface area contributed by atoms with Gasteiger partial charge in [-0.2, -0.15) is 0 Å². The average molecular weight is 293 g/mol. The number of hydrogen-bond acceptors (Lipinski definition) is 3. The van der Waals surface area contributed by atoms with Gasteiger partial charge in [-0.3, -0.25) is 9.59 Å². The third kappa shape index (κ3) is 4.82. The van der Waals surface area contributed by atoms with E-state index in [1.807, 2.05) is 0 Å². The van der Waals surface area contributed by atoms with Gasteiger partial charge in [-0.25, -0.2) is 4.39 Å². The number of carbonyl (C=O) groups is 2. The second-order valence-corrected chi connectivity index (χ2v) is 5.06. The van der Waals surface area contributed by atoms with Gasteiger partial charge in [0, 0.05) is 18.7 Å². The molecule has 0 bridgehead atoms. The molecule has 0 saturated carbocycles. The van der Waals surface area contributed by atoms with Crippen molar-refractivity contribution < 1.29 is 14.0 Å². The molecule has 1 atom stereocenters. The number of amides is 2. The summed E-state index contributed by atoms with van der Waals surface area (Å²) in [5.74, 6) is -0.721. The van der Waals surface area contributed by atoms with Crippen molar-refractivity contribution in [2.45, 2.75) is 25.3 Å². The number of rotatable bonds is 6. The zero-order valence-corrected chi connectivity index (χ0v) is 11.8. The fourth-order valence-electron chi connectivity index (χ4n) is 2.27. The minimum Gasteiger partial charge on any atom is -0.355 e. The van der Waals surface area contributed by atoms with E-state index in [0.29, 0.717) is 25.1 Å². The Morgan fingerprint density at radius 2 is 2.10 bits per heavy atom. The summed E-state index contributed by atoms with van der Waals surface area (Å²) in [6.07, 6.45) is 2.55. The normalized spacial score (nSPS) is 17.5. The fraction of sp³-hybridized carbons (Fsp3) is 0.467. The zero-order chi connectivity index (χ0) is 15.1. The average Bonchev–Trinajstić information content (AvgIpc) is 3.00. The van der Waals surface area contributed by atoms with Crippen LogP contribution in [0.15, 0.2) is 24.3 Å². The third-order valence-corrected chi connectivity index (χ3v) is 3.40. The predicted molar refractivity (Wildman–Crippen MR) is 77.4 cm³/mol. The Morgan fingerprint density at radius 1 is 1.29 bits per heavy atom. The van der Waals surface area contributed by atoms with Crippen molar-refractivity contribution in [1.29, 1.82) is 0 Å². The molecule has 0 spiro atoms. The van der Waals surface area contributed by atoms with Crippen LogP contribution in [0, 0.1) is 5.82 Å². The molecule has 6 heteroatoms. The number of hydrogen-bond donors (Lipinski definition) is 3. The maximum Gasteiger partial charge on any atom is 0.251 e. The molecule has 1 saturated heterocycles. The van der Waals surface area contributed by atoms with E-state index in [2.05, 4.69) is 16.0 Å². The van der Waals surface area contributed by atoms with Crippen molar-refractivity contribution in [3.05, 3.63) is 35.6 Å². The Hall–Kier alpha value is -1.95. The van der Waals surface area contributed by atoms with E-state index in [1.54, 1.807) is 6.07 Å². The summed E-state index contributed by atoms with van der Waals surface area (Å²) in [6.45, 7) is 1.84. The van der Waals surface area contributed by atoms with Crippen LogP contribution in [0.5, 0.6) is 0 Å². The SMILES string of the molecule is O=C(NCCCNC(=O)C1CCCN1)c1cccc(F)c1. The van der Waals surface area contributed by atoms with Gasteiger partial charge in [-0.1, -0.05) is 6.07 Å². The van der Waals surface area contributed by atoms with E-state index in [-0.39, 0.29) is 17.9 Å². The van der Waals surface area contributed by atoms with Gasteiger partial charge in [0.1, 0.15) is 5.82 Å². The standard InChI is InChI=1S/C15H20FN3O2/c16-12-5-1-4-11(10-12)14(20)18-8-3-9-19-15(21)13-6-2-7-17-13/h1,4-5,10,13,17H,2-3,6-9H2,(H,18,20)(H,19,21). The summed E-state index contributed by atoms with van der Waals surface area (Å²) < 4.78 is 13.0. The molecule has 1 heterocycles. The Kier molecular flexibility index (Phi) is 5.68. The maximum atomic E-state index is 13.0. The lowest BCUT2D eigenvalue weighted by molar-refractivity contribution is -0.122. The predicted octanol–water partition coefficient (Wildman–Crippen LogP) is 0.814. The Balaban J connectivity index is 1.61. The molecular weight excluding hydrogens is 273 g/mol. The van der Waals surface area contributed by atoms with Crippen LogP contribution in [0.4, 0.5) is 4.39 Å². The molecule has 0 aromatic heterocycles. The molecule has 1 fully saturated rings. The minimum absolute atomic E-state index is 0.0176. The van der Waals surface area contributed by atoms with Gasteiger partial charge >= 0.3 is 0 Å². The van der Waals surface area contributed by atoms with Crippen LogP contribution in [-0.2, 0) is 4.79 Å². The van der Waals surface area contributed by atoms with Gasteiger partial charge < -0.3 is 16.0 Å². The summed E-state index contributed by atoms with van der Waals surface area (Å²) in [5.41, 5.74) is 0.300. The quantitative estimate of drug-likeness (QED) is 0.680. The van der Waals surface area contributed by atoms with Gasteiger partial charge in [0.25, 0.3) is 5.91 Å². The Morgan fingerprint density at radius 3 is 2.81 bits per heavy atom. The van der Waals surface area contributed by atoms with Gasteiger partial charge in [0.05, 0.1) is 6.04 Å². The summed E-state index contributed by atoms with van der Waals surface area (Å²) in [4.78, 5) is 23.4. The lowest BCUT2D eigenvalue weighted by Gasteiger charge is -2.11. The molecule has 2 amide bonds. The number of benzene rings is 1. The van der Waals surface area contributed by atoms with E-state index in [4.69, 9.17) is 0 Å². The molecule has 0 radical (unpaired) electrons. The van der Waals surface area contributed by atoms with E-state index < -0.39 is 5.82 Å². The van der Waals surface area contributed by atoms with Crippen LogP contribution < -0.4 is 16.0 Å². The molecule has 3 N–H and O–H groups in total. The van der Waals surface area contributed by atoms with E-state index in [0.717, 1.165) is 19.4 Å². The third-order valence-electron chi connectivity index (χ3n) is 3.40. The summed E-state index contributed by atoms with van der Waals surface area (Å²) in [6, 6.07) is 5.48. The summed E-state index contributed by atoms with van der Waals surface area (Å²) in [5, 5.41) is 8.66. The fourth-order valence-corrected chi connectivity index (χ4v) is 2.27. The number of carbonyl (C=O) groups excluding carboxylic acids is 2. The Bertz CT molecular complexity index is 501. The number of nitrogens with one attached hydrogen (secondary N) is 3. The molecule has 114 valence electrons. The molecule has 1 unspecified atom stereocenters. The van der Waals surface area contributed by atoms with Crippen LogP contribution >= 0.6 is 0 Å². The van der Waals surface area contributed by atoms with Gasteiger partial charge in [0.2, 0.25) is 5.91 Å². The minimum atomic E-state index is -0.432. The van der Waals surface area contributed by atoms with Gasteiger partial charge in [0.15, 0.2) is 0 Å². The first-order chi connectivity index (χ1) is 10.2. The summed E-state index contributed by atoms with van der Waals surface area (Å²) in [7, 11) is 0. The van der Waals surface area contributed by atoms with Crippen molar-refractivity contribution in [2.75, 3.05) is 19.6 Å². The smallest absolute Gasteiger partial charge is 0.251 e.